The first-order valence-corrected chi connectivity index (χ1v) is 12.3. The van der Waals surface area contributed by atoms with Crippen molar-refractivity contribution < 1.29 is 19.2 Å². The van der Waals surface area contributed by atoms with Crippen LogP contribution in [0.1, 0.15) is 25.3 Å². The van der Waals surface area contributed by atoms with Crippen LogP contribution in [0.25, 0.3) is 6.08 Å². The van der Waals surface area contributed by atoms with Gasteiger partial charge in [-0.15, -0.1) is 0 Å². The number of carbonyl (C=O) groups excluding carboxylic acids is 1. The van der Waals surface area contributed by atoms with Crippen molar-refractivity contribution in [3.8, 4) is 11.5 Å². The van der Waals surface area contributed by atoms with Crippen LogP contribution in [0.2, 0.25) is 0 Å². The van der Waals surface area contributed by atoms with Crippen LogP contribution in [0.4, 0.5) is 5.69 Å². The molecule has 0 saturated carbocycles. The Kier molecular flexibility index (Phi) is 7.61. The van der Waals surface area contributed by atoms with Gasteiger partial charge in [-0.2, -0.15) is 15.1 Å². The molecule has 0 radical (unpaired) electrons. The molecule has 1 N–H and O–H groups in total. The molecule has 4 rings (SSSR count). The smallest absolute Gasteiger partial charge is 0.283 e. The highest BCUT2D eigenvalue weighted by molar-refractivity contribution is 9.10. The fraction of sp³-hybridized carbons (Fsp3) is 0.217. The Morgan fingerprint density at radius 3 is 2.66 bits per heavy atom. The molecule has 180 valence electrons. The molecule has 12 heteroatoms. The molecule has 2 aromatic rings. The lowest BCUT2D eigenvalue weighted by molar-refractivity contribution is -0.384. The summed E-state index contributed by atoms with van der Waals surface area (Å²) >= 11 is 4.63. The van der Waals surface area contributed by atoms with Gasteiger partial charge in [-0.1, -0.05) is 22.9 Å². The van der Waals surface area contributed by atoms with Crippen molar-refractivity contribution in [3.63, 3.8) is 0 Å². The quantitative estimate of drug-likeness (QED) is 0.193. The molecule has 0 fully saturated rings. The second kappa shape index (κ2) is 10.8. The number of benzene rings is 2. The summed E-state index contributed by atoms with van der Waals surface area (Å²) in [6, 6.07) is 11.4. The third kappa shape index (κ3) is 5.77. The number of hydrogen-bond donors (Lipinski definition) is 1. The number of non-ortho nitro benzene ring substituents is 1. The minimum Gasteiger partial charge on any atom is -0.490 e. The van der Waals surface area contributed by atoms with Gasteiger partial charge in [-0.25, -0.2) is 0 Å². The summed E-state index contributed by atoms with van der Waals surface area (Å²) in [4.78, 5) is 27.6. The van der Waals surface area contributed by atoms with Gasteiger partial charge in [0.15, 0.2) is 5.84 Å². The number of carbonyl (C=O) groups is 1. The number of halogens is 1. The zero-order valence-electron chi connectivity index (χ0n) is 18.6. The molecule has 0 spiro atoms. The minimum absolute atomic E-state index is 0.0349. The van der Waals surface area contributed by atoms with Gasteiger partial charge in [0.2, 0.25) is 5.17 Å². The van der Waals surface area contributed by atoms with Crippen LogP contribution in [-0.4, -0.2) is 45.1 Å². The number of hydrazone groups is 1. The lowest BCUT2D eigenvalue weighted by Crippen LogP contribution is -2.35. The number of nitrogens with zero attached hydrogens (tertiary/aromatic N) is 4. The fourth-order valence-electron chi connectivity index (χ4n) is 3.24. The molecule has 0 unspecified atom stereocenters. The number of aliphatic imine (C=N–C) groups is 1. The van der Waals surface area contributed by atoms with Gasteiger partial charge in [0.05, 0.1) is 10.5 Å². The highest BCUT2D eigenvalue weighted by Crippen LogP contribution is 2.32. The maximum Gasteiger partial charge on any atom is 0.283 e. The Hall–Kier alpha value is -3.51. The number of thioether (sulfide) groups is 1. The Labute approximate surface area is 213 Å². The van der Waals surface area contributed by atoms with E-state index in [0.29, 0.717) is 23.1 Å². The van der Waals surface area contributed by atoms with Crippen molar-refractivity contribution in [2.24, 2.45) is 10.1 Å². The van der Waals surface area contributed by atoms with E-state index in [1.807, 2.05) is 31.2 Å². The Morgan fingerprint density at radius 2 is 1.94 bits per heavy atom. The zero-order chi connectivity index (χ0) is 24.9. The molecule has 0 saturated heterocycles. The van der Waals surface area contributed by atoms with E-state index in [1.165, 1.54) is 41.0 Å². The van der Waals surface area contributed by atoms with Gasteiger partial charge in [0.1, 0.15) is 29.8 Å². The Bertz CT molecular complexity index is 1280. The summed E-state index contributed by atoms with van der Waals surface area (Å²) in [6.45, 7) is 2.40. The summed E-state index contributed by atoms with van der Waals surface area (Å²) in [5.74, 6) is 0.223. The third-order valence-electron chi connectivity index (χ3n) is 4.89. The van der Waals surface area contributed by atoms with Crippen molar-refractivity contribution in [3.05, 3.63) is 68.2 Å². The number of amidine groups is 2. The third-order valence-corrected chi connectivity index (χ3v) is 6.38. The van der Waals surface area contributed by atoms with Crippen molar-refractivity contribution >= 4 is 61.4 Å². The first kappa shape index (κ1) is 24.6. The maximum absolute atomic E-state index is 12.7. The maximum atomic E-state index is 12.7. The second-order valence-corrected chi connectivity index (χ2v) is 9.35. The molecule has 1 amide bonds. The van der Waals surface area contributed by atoms with Crippen molar-refractivity contribution in [2.45, 2.75) is 19.8 Å². The van der Waals surface area contributed by atoms with Crippen LogP contribution in [0, 0.1) is 15.5 Å². The van der Waals surface area contributed by atoms with E-state index in [2.05, 4.69) is 26.0 Å². The van der Waals surface area contributed by atoms with E-state index in [0.717, 1.165) is 15.9 Å². The molecule has 0 bridgehead atoms. The van der Waals surface area contributed by atoms with E-state index < -0.39 is 10.8 Å². The van der Waals surface area contributed by atoms with Crippen LogP contribution in [0.15, 0.2) is 62.6 Å². The lowest BCUT2D eigenvalue weighted by atomic mass is 10.1. The number of amides is 1. The summed E-state index contributed by atoms with van der Waals surface area (Å²) < 4.78 is 12.4. The highest BCUT2D eigenvalue weighted by Gasteiger charge is 2.35. The molecule has 0 atom stereocenters. The van der Waals surface area contributed by atoms with Crippen LogP contribution < -0.4 is 9.47 Å². The van der Waals surface area contributed by atoms with E-state index in [9.17, 15) is 14.9 Å². The molecule has 0 aromatic heterocycles. The average molecular weight is 558 g/mol. The molecule has 35 heavy (non-hydrogen) atoms. The van der Waals surface area contributed by atoms with Crippen LogP contribution in [0.3, 0.4) is 0 Å². The lowest BCUT2D eigenvalue weighted by Gasteiger charge is -2.20. The Balaban J connectivity index is 1.55. The van der Waals surface area contributed by atoms with Crippen LogP contribution in [0.5, 0.6) is 11.5 Å². The predicted octanol–water partition coefficient (Wildman–Crippen LogP) is 5.23. The predicted molar refractivity (Wildman–Crippen MR) is 138 cm³/mol. The largest absolute Gasteiger partial charge is 0.490 e. The van der Waals surface area contributed by atoms with Gasteiger partial charge < -0.3 is 9.47 Å². The monoisotopic (exact) mass is 557 g/mol. The van der Waals surface area contributed by atoms with Crippen molar-refractivity contribution in [2.75, 3.05) is 13.2 Å². The number of fused-ring (bicyclic) bond motifs is 1. The van der Waals surface area contributed by atoms with Crippen LogP contribution >= 0.6 is 27.7 Å². The normalized spacial score (nSPS) is 16.2. The van der Waals surface area contributed by atoms with Gasteiger partial charge in [-0.3, -0.25) is 20.3 Å². The fourth-order valence-corrected chi connectivity index (χ4v) is 4.49. The molecule has 2 heterocycles. The summed E-state index contributed by atoms with van der Waals surface area (Å²) in [5, 5.41) is 26.6. The molecular weight excluding hydrogens is 538 g/mol. The topological polar surface area (TPSA) is 130 Å². The van der Waals surface area contributed by atoms with Gasteiger partial charge in [0, 0.05) is 22.2 Å². The van der Waals surface area contributed by atoms with Gasteiger partial charge in [-0.05, 0) is 61.0 Å². The summed E-state index contributed by atoms with van der Waals surface area (Å²) in [6.07, 6.45) is 2.96. The Morgan fingerprint density at radius 1 is 1.20 bits per heavy atom. The summed E-state index contributed by atoms with van der Waals surface area (Å²) in [5.41, 5.74) is 0.0702. The van der Waals surface area contributed by atoms with E-state index in [1.54, 1.807) is 0 Å². The molecular formula is C23H20BrN5O5S. The average Bonchev–Trinajstić information content (AvgIpc) is 3.23. The number of rotatable bonds is 9. The number of ether oxygens (including phenoxy) is 2. The SMILES string of the molecule is CCCC1=NN2C(=N)/C(=C/c3cc([N+](=O)[O-])ccc3OCCOc3ccc(Br)cc3)C(=O)N=C2S1. The number of nitro benzene ring substituents is 1. The highest BCUT2D eigenvalue weighted by atomic mass is 79.9. The first-order valence-electron chi connectivity index (χ1n) is 10.6. The van der Waals surface area contributed by atoms with E-state index in [-0.39, 0.29) is 35.9 Å². The van der Waals surface area contributed by atoms with Crippen LogP contribution in [-0.2, 0) is 4.79 Å². The zero-order valence-corrected chi connectivity index (χ0v) is 21.0. The van der Waals surface area contributed by atoms with E-state index in [4.69, 9.17) is 14.9 Å². The summed E-state index contributed by atoms with van der Waals surface area (Å²) in [7, 11) is 0. The molecule has 0 aliphatic carbocycles. The van der Waals surface area contributed by atoms with Crippen molar-refractivity contribution in [1.82, 2.24) is 5.01 Å². The van der Waals surface area contributed by atoms with Crippen molar-refractivity contribution in [1.29, 1.82) is 5.41 Å². The molecule has 2 aromatic carbocycles. The number of nitrogens with one attached hydrogen (secondary N) is 1. The molecule has 2 aliphatic rings. The van der Waals surface area contributed by atoms with Gasteiger partial charge >= 0.3 is 0 Å². The second-order valence-electron chi connectivity index (χ2n) is 7.39. The number of hydrogen-bond acceptors (Lipinski definition) is 8. The van der Waals surface area contributed by atoms with Gasteiger partial charge in [0.25, 0.3) is 11.6 Å². The van der Waals surface area contributed by atoms with E-state index >= 15 is 0 Å². The molecule has 2 aliphatic heterocycles. The minimum atomic E-state index is -0.613. The first-order chi connectivity index (χ1) is 16.9. The standard InChI is InChI=1S/C23H20BrN5O5S/c1-2-3-20-27-28-21(25)18(22(30)26-23(28)35-20)13-14-12-16(29(31)32)6-9-19(14)34-11-10-33-17-7-4-15(24)5-8-17/h4-9,12-13,25H,2-3,10-11H2,1H3/b18-13-,25-21?. The number of nitro groups is 1. The molecule has 10 nitrogen and oxygen atoms in total.